The summed E-state index contributed by atoms with van der Waals surface area (Å²) in [7, 11) is 0. The van der Waals surface area contributed by atoms with Crippen molar-refractivity contribution in [3.63, 3.8) is 0 Å². The monoisotopic (exact) mass is 311 g/mol. The van der Waals surface area contributed by atoms with Crippen LogP contribution < -0.4 is 16.6 Å². The van der Waals surface area contributed by atoms with Crippen molar-refractivity contribution < 1.29 is 4.39 Å². The number of hydrogen-bond donors (Lipinski definition) is 3. The number of halogens is 2. The van der Waals surface area contributed by atoms with E-state index in [-0.39, 0.29) is 5.82 Å². The predicted octanol–water partition coefficient (Wildman–Crippen LogP) is 2.72. The lowest BCUT2D eigenvalue weighted by Crippen LogP contribution is -2.10. The van der Waals surface area contributed by atoms with Crippen LogP contribution in [0.5, 0.6) is 0 Å². The van der Waals surface area contributed by atoms with Gasteiger partial charge in [0, 0.05) is 10.5 Å². The largest absolute Gasteiger partial charge is 0.339 e. The van der Waals surface area contributed by atoms with Gasteiger partial charge in [-0.15, -0.1) is 0 Å². The lowest BCUT2D eigenvalue weighted by Gasteiger charge is -2.09. The molecule has 0 aliphatic heterocycles. The van der Waals surface area contributed by atoms with Gasteiger partial charge in [-0.25, -0.2) is 20.2 Å². The zero-order valence-electron chi connectivity index (χ0n) is 9.54. The van der Waals surface area contributed by atoms with Gasteiger partial charge in [-0.05, 0) is 41.1 Å². The molecule has 2 rings (SSSR count). The number of nitrogens with two attached hydrogens (primary N) is 1. The average Bonchev–Trinajstić information content (AvgIpc) is 2.32. The number of nitrogens with one attached hydrogen (secondary N) is 2. The van der Waals surface area contributed by atoms with Crippen LogP contribution in [0.2, 0.25) is 0 Å². The van der Waals surface area contributed by atoms with E-state index >= 15 is 0 Å². The molecule has 0 saturated heterocycles. The Hall–Kier alpha value is -1.73. The highest BCUT2D eigenvalue weighted by Crippen LogP contribution is 2.26. The first-order valence-corrected chi connectivity index (χ1v) is 5.92. The second-order valence-corrected chi connectivity index (χ2v) is 4.43. The average molecular weight is 312 g/mol. The van der Waals surface area contributed by atoms with Crippen LogP contribution in [0.15, 0.2) is 28.7 Å². The highest BCUT2D eigenvalue weighted by molar-refractivity contribution is 9.10. The first-order chi connectivity index (χ1) is 8.58. The molecule has 1 aromatic heterocycles. The fourth-order valence-electron chi connectivity index (χ4n) is 1.43. The standard InChI is InChI=1S/C11H11BrFN5/c1-6-15-10(5-11(16-6)18-14)17-9-3-2-7(13)4-8(9)12/h2-5H,14H2,1H3,(H2,15,16,17,18). The van der Waals surface area contributed by atoms with Crippen LogP contribution in [-0.2, 0) is 0 Å². The molecule has 7 heteroatoms. The van der Waals surface area contributed by atoms with E-state index in [0.29, 0.717) is 27.6 Å². The molecule has 0 amide bonds. The van der Waals surface area contributed by atoms with Crippen molar-refractivity contribution in [3.05, 3.63) is 40.4 Å². The van der Waals surface area contributed by atoms with E-state index in [4.69, 9.17) is 5.84 Å². The molecular weight excluding hydrogens is 301 g/mol. The number of hydrogen-bond acceptors (Lipinski definition) is 5. The molecule has 0 radical (unpaired) electrons. The number of nitrogen functional groups attached to an aromatic ring is 1. The van der Waals surface area contributed by atoms with Gasteiger partial charge in [0.2, 0.25) is 0 Å². The summed E-state index contributed by atoms with van der Waals surface area (Å²) in [5.41, 5.74) is 3.16. The summed E-state index contributed by atoms with van der Waals surface area (Å²) >= 11 is 3.27. The molecule has 5 nitrogen and oxygen atoms in total. The van der Waals surface area contributed by atoms with Crippen molar-refractivity contribution in [2.75, 3.05) is 10.7 Å². The molecule has 4 N–H and O–H groups in total. The number of anilines is 3. The number of hydrazine groups is 1. The number of benzene rings is 1. The fraction of sp³-hybridized carbons (Fsp3) is 0.0909. The third kappa shape index (κ3) is 2.93. The SMILES string of the molecule is Cc1nc(NN)cc(Nc2ccc(F)cc2Br)n1. The van der Waals surface area contributed by atoms with E-state index in [1.54, 1.807) is 19.1 Å². The van der Waals surface area contributed by atoms with Crippen molar-refractivity contribution in [1.82, 2.24) is 9.97 Å². The van der Waals surface area contributed by atoms with Crippen LogP contribution in [0.4, 0.5) is 21.7 Å². The predicted molar refractivity (Wildman–Crippen MR) is 72.0 cm³/mol. The minimum Gasteiger partial charge on any atom is -0.339 e. The van der Waals surface area contributed by atoms with Gasteiger partial charge in [-0.3, -0.25) is 0 Å². The van der Waals surface area contributed by atoms with Crippen LogP contribution in [0.1, 0.15) is 5.82 Å². The highest BCUT2D eigenvalue weighted by Gasteiger charge is 2.05. The fourth-order valence-corrected chi connectivity index (χ4v) is 1.88. The minimum atomic E-state index is -0.310. The smallest absolute Gasteiger partial charge is 0.145 e. The molecule has 0 atom stereocenters. The maximum absolute atomic E-state index is 13.0. The van der Waals surface area contributed by atoms with Crippen LogP contribution in [0, 0.1) is 12.7 Å². The normalized spacial score (nSPS) is 10.2. The molecule has 0 fully saturated rings. The molecule has 0 spiro atoms. The second-order valence-electron chi connectivity index (χ2n) is 3.58. The Bertz CT molecular complexity index is 575. The minimum absolute atomic E-state index is 0.310. The second kappa shape index (κ2) is 5.28. The molecular formula is C11H11BrFN5. The van der Waals surface area contributed by atoms with Gasteiger partial charge in [0.1, 0.15) is 23.3 Å². The number of aromatic nitrogens is 2. The maximum Gasteiger partial charge on any atom is 0.145 e. The van der Waals surface area contributed by atoms with E-state index in [1.807, 2.05) is 0 Å². The first kappa shape index (κ1) is 12.7. The Balaban J connectivity index is 2.30. The van der Waals surface area contributed by atoms with E-state index < -0.39 is 0 Å². The molecule has 94 valence electrons. The Morgan fingerprint density at radius 3 is 2.61 bits per heavy atom. The van der Waals surface area contributed by atoms with Crippen LogP contribution in [0.25, 0.3) is 0 Å². The maximum atomic E-state index is 13.0. The Kier molecular flexibility index (Phi) is 3.73. The third-order valence-electron chi connectivity index (χ3n) is 2.18. The lowest BCUT2D eigenvalue weighted by atomic mass is 10.3. The molecule has 2 aromatic rings. The summed E-state index contributed by atoms with van der Waals surface area (Å²) in [6, 6.07) is 6.01. The number of nitrogens with zero attached hydrogens (tertiary/aromatic N) is 2. The van der Waals surface area contributed by atoms with Gasteiger partial charge in [0.15, 0.2) is 0 Å². The van der Waals surface area contributed by atoms with Gasteiger partial charge < -0.3 is 10.7 Å². The van der Waals surface area contributed by atoms with Crippen molar-refractivity contribution in [1.29, 1.82) is 0 Å². The quantitative estimate of drug-likeness (QED) is 0.600. The van der Waals surface area contributed by atoms with Gasteiger partial charge >= 0.3 is 0 Å². The number of aryl methyl sites for hydroxylation is 1. The first-order valence-electron chi connectivity index (χ1n) is 5.13. The highest BCUT2D eigenvalue weighted by atomic mass is 79.9. The van der Waals surface area contributed by atoms with Crippen molar-refractivity contribution in [3.8, 4) is 0 Å². The zero-order valence-corrected chi connectivity index (χ0v) is 11.1. The summed E-state index contributed by atoms with van der Waals surface area (Å²) in [6.07, 6.45) is 0. The summed E-state index contributed by atoms with van der Waals surface area (Å²) < 4.78 is 13.6. The molecule has 0 aliphatic rings. The molecule has 1 aromatic carbocycles. The molecule has 0 aliphatic carbocycles. The Labute approximate surface area is 112 Å². The van der Waals surface area contributed by atoms with Gasteiger partial charge in [-0.1, -0.05) is 0 Å². The number of rotatable bonds is 3. The summed E-state index contributed by atoms with van der Waals surface area (Å²) in [5.74, 6) is 6.64. The van der Waals surface area contributed by atoms with Crippen LogP contribution >= 0.6 is 15.9 Å². The molecule has 0 bridgehead atoms. The molecule has 0 saturated carbocycles. The topological polar surface area (TPSA) is 75.9 Å². The van der Waals surface area contributed by atoms with E-state index in [0.717, 1.165) is 0 Å². The van der Waals surface area contributed by atoms with Crippen molar-refractivity contribution in [2.24, 2.45) is 5.84 Å². The Morgan fingerprint density at radius 1 is 1.22 bits per heavy atom. The van der Waals surface area contributed by atoms with E-state index in [2.05, 4.69) is 36.6 Å². The molecule has 18 heavy (non-hydrogen) atoms. The summed E-state index contributed by atoms with van der Waals surface area (Å²) in [4.78, 5) is 8.28. The van der Waals surface area contributed by atoms with Gasteiger partial charge in [0.25, 0.3) is 0 Å². The van der Waals surface area contributed by atoms with E-state index in [1.165, 1.54) is 12.1 Å². The third-order valence-corrected chi connectivity index (χ3v) is 2.84. The molecule has 0 unspecified atom stereocenters. The lowest BCUT2D eigenvalue weighted by molar-refractivity contribution is 0.627. The van der Waals surface area contributed by atoms with Crippen molar-refractivity contribution in [2.45, 2.75) is 6.92 Å². The van der Waals surface area contributed by atoms with Gasteiger partial charge in [-0.2, -0.15) is 0 Å². The summed E-state index contributed by atoms with van der Waals surface area (Å²) in [6.45, 7) is 1.76. The molecule has 1 heterocycles. The zero-order chi connectivity index (χ0) is 13.1. The Morgan fingerprint density at radius 2 is 1.94 bits per heavy atom. The van der Waals surface area contributed by atoms with Crippen LogP contribution in [0.3, 0.4) is 0 Å². The summed E-state index contributed by atoms with van der Waals surface area (Å²) in [5, 5.41) is 3.05. The van der Waals surface area contributed by atoms with Crippen LogP contribution in [-0.4, -0.2) is 9.97 Å². The van der Waals surface area contributed by atoms with Gasteiger partial charge in [0.05, 0.1) is 5.69 Å². The van der Waals surface area contributed by atoms with Crippen molar-refractivity contribution >= 4 is 33.3 Å². The van der Waals surface area contributed by atoms with E-state index in [9.17, 15) is 4.39 Å².